The van der Waals surface area contributed by atoms with Crippen molar-refractivity contribution in [3.05, 3.63) is 0 Å². The molecule has 1 rings (SSSR count). The minimum Gasteiger partial charge on any atom is -0.334 e. The van der Waals surface area contributed by atoms with Crippen LogP contribution in [0.1, 0.15) is 46.5 Å². The maximum atomic E-state index is 3.93. The van der Waals surface area contributed by atoms with E-state index in [-0.39, 0.29) is 0 Å². The van der Waals surface area contributed by atoms with E-state index in [1.54, 1.807) is 0 Å². The topological polar surface area (TPSA) is 12.0 Å². The van der Waals surface area contributed by atoms with E-state index in [4.69, 9.17) is 0 Å². The highest BCUT2D eigenvalue weighted by atomic mass is 28.3. The Bertz CT molecular complexity index is 163. The average molecular weight is 199 g/mol. The van der Waals surface area contributed by atoms with Crippen molar-refractivity contribution in [2.24, 2.45) is 0 Å². The van der Waals surface area contributed by atoms with E-state index in [0.717, 1.165) is 6.04 Å². The number of nitrogens with one attached hydrogen (secondary N) is 1. The molecule has 0 amide bonds. The summed E-state index contributed by atoms with van der Waals surface area (Å²) in [5.74, 6) is 0. The maximum Gasteiger partial charge on any atom is 0.125 e. The van der Waals surface area contributed by atoms with Gasteiger partial charge in [0.25, 0.3) is 0 Å². The molecule has 0 atom stereocenters. The average Bonchev–Trinajstić information content (AvgIpc) is 2.35. The Kier molecular flexibility index (Phi) is 3.23. The van der Waals surface area contributed by atoms with Gasteiger partial charge in [-0.1, -0.05) is 46.7 Å². The highest BCUT2D eigenvalue weighted by molar-refractivity contribution is 6.77. The SMILES string of the molecule is CC(C)(C)[Si](C)(C)NC1CCCC1. The molecule has 78 valence electrons. The largest absolute Gasteiger partial charge is 0.334 e. The third-order valence-corrected chi connectivity index (χ3v) is 8.68. The fourth-order valence-corrected chi connectivity index (χ4v) is 3.54. The lowest BCUT2D eigenvalue weighted by Crippen LogP contribution is -2.55. The smallest absolute Gasteiger partial charge is 0.125 e. The third-order valence-electron chi connectivity index (χ3n) is 3.80. The molecule has 0 spiro atoms. The minimum absolute atomic E-state index is 0.482. The molecule has 0 heterocycles. The molecular formula is C11H25NSi. The lowest BCUT2D eigenvalue weighted by molar-refractivity contribution is 0.592. The molecule has 2 heteroatoms. The first-order valence-electron chi connectivity index (χ1n) is 5.61. The summed E-state index contributed by atoms with van der Waals surface area (Å²) in [7, 11) is -1.22. The number of hydrogen-bond acceptors (Lipinski definition) is 1. The Hall–Kier alpha value is 0.177. The molecular weight excluding hydrogens is 174 g/mol. The van der Waals surface area contributed by atoms with Crippen molar-refractivity contribution in [1.82, 2.24) is 4.98 Å². The molecule has 1 aliphatic carbocycles. The molecule has 1 N–H and O–H groups in total. The predicted molar refractivity (Wildman–Crippen MR) is 62.6 cm³/mol. The van der Waals surface area contributed by atoms with E-state index in [1.807, 2.05) is 0 Å². The van der Waals surface area contributed by atoms with Gasteiger partial charge in [0.1, 0.15) is 8.24 Å². The summed E-state index contributed by atoms with van der Waals surface area (Å²) >= 11 is 0. The lowest BCUT2D eigenvalue weighted by atomic mass is 10.2. The highest BCUT2D eigenvalue weighted by Crippen LogP contribution is 2.35. The molecule has 13 heavy (non-hydrogen) atoms. The van der Waals surface area contributed by atoms with E-state index in [1.165, 1.54) is 25.7 Å². The van der Waals surface area contributed by atoms with Crippen molar-refractivity contribution >= 4 is 8.24 Å². The number of hydrogen-bond donors (Lipinski definition) is 1. The van der Waals surface area contributed by atoms with Gasteiger partial charge < -0.3 is 4.98 Å². The summed E-state index contributed by atoms with van der Waals surface area (Å²) in [6, 6.07) is 0.834. The third kappa shape index (κ3) is 2.81. The van der Waals surface area contributed by atoms with Crippen LogP contribution < -0.4 is 4.98 Å². The molecule has 1 fully saturated rings. The monoisotopic (exact) mass is 199 g/mol. The van der Waals surface area contributed by atoms with Crippen LogP contribution in [0.5, 0.6) is 0 Å². The Balaban J connectivity index is 2.50. The van der Waals surface area contributed by atoms with E-state index in [0.29, 0.717) is 5.04 Å². The van der Waals surface area contributed by atoms with E-state index in [2.05, 4.69) is 38.8 Å². The second-order valence-corrected chi connectivity index (χ2v) is 11.0. The van der Waals surface area contributed by atoms with Crippen LogP contribution in [0.15, 0.2) is 0 Å². The second-order valence-electron chi connectivity index (χ2n) is 6.00. The minimum atomic E-state index is -1.22. The fraction of sp³-hybridized carbons (Fsp3) is 1.00. The van der Waals surface area contributed by atoms with Crippen molar-refractivity contribution in [1.29, 1.82) is 0 Å². The maximum absolute atomic E-state index is 3.93. The first kappa shape index (κ1) is 11.3. The molecule has 1 saturated carbocycles. The van der Waals surface area contributed by atoms with E-state index >= 15 is 0 Å². The molecule has 0 unspecified atom stereocenters. The van der Waals surface area contributed by atoms with Crippen molar-refractivity contribution in [3.8, 4) is 0 Å². The molecule has 0 aliphatic heterocycles. The molecule has 1 aliphatic rings. The van der Waals surface area contributed by atoms with Crippen LogP contribution >= 0.6 is 0 Å². The van der Waals surface area contributed by atoms with Gasteiger partial charge in [-0.2, -0.15) is 0 Å². The summed E-state index contributed by atoms with van der Waals surface area (Å²) < 4.78 is 0. The molecule has 0 bridgehead atoms. The van der Waals surface area contributed by atoms with Crippen molar-refractivity contribution in [2.75, 3.05) is 0 Å². The molecule has 0 aromatic heterocycles. The van der Waals surface area contributed by atoms with Crippen molar-refractivity contribution in [2.45, 2.75) is 70.6 Å². The van der Waals surface area contributed by atoms with Gasteiger partial charge in [0, 0.05) is 6.04 Å². The Morgan fingerprint density at radius 1 is 1.08 bits per heavy atom. The zero-order valence-corrected chi connectivity index (χ0v) is 10.9. The van der Waals surface area contributed by atoms with Crippen LogP contribution in [-0.4, -0.2) is 14.3 Å². The van der Waals surface area contributed by atoms with E-state index in [9.17, 15) is 0 Å². The van der Waals surface area contributed by atoms with Gasteiger partial charge in [-0.15, -0.1) is 0 Å². The zero-order chi connectivity index (χ0) is 10.1. The molecule has 0 aromatic carbocycles. The van der Waals surface area contributed by atoms with Gasteiger partial charge in [-0.25, -0.2) is 0 Å². The van der Waals surface area contributed by atoms with Gasteiger partial charge in [-0.3, -0.25) is 0 Å². The summed E-state index contributed by atoms with van der Waals surface area (Å²) in [6.07, 6.45) is 5.69. The Morgan fingerprint density at radius 2 is 1.54 bits per heavy atom. The molecule has 0 saturated heterocycles. The van der Waals surface area contributed by atoms with Crippen molar-refractivity contribution in [3.63, 3.8) is 0 Å². The highest BCUT2D eigenvalue weighted by Gasteiger charge is 2.37. The fourth-order valence-electron chi connectivity index (χ4n) is 1.80. The molecule has 0 aromatic rings. The van der Waals surface area contributed by atoms with Crippen LogP contribution in [0, 0.1) is 0 Å². The first-order valence-corrected chi connectivity index (χ1v) is 8.61. The Morgan fingerprint density at radius 3 is 1.92 bits per heavy atom. The van der Waals surface area contributed by atoms with Crippen LogP contribution in [-0.2, 0) is 0 Å². The van der Waals surface area contributed by atoms with Crippen LogP contribution in [0.3, 0.4) is 0 Å². The normalized spacial score (nSPS) is 21.0. The van der Waals surface area contributed by atoms with E-state index < -0.39 is 8.24 Å². The predicted octanol–water partition coefficient (Wildman–Crippen LogP) is 3.52. The van der Waals surface area contributed by atoms with Gasteiger partial charge in [0.2, 0.25) is 0 Å². The Labute approximate surface area is 84.4 Å². The van der Waals surface area contributed by atoms with Gasteiger partial charge in [0.05, 0.1) is 0 Å². The van der Waals surface area contributed by atoms with Crippen LogP contribution in [0.4, 0.5) is 0 Å². The summed E-state index contributed by atoms with van der Waals surface area (Å²) in [6.45, 7) is 12.1. The van der Waals surface area contributed by atoms with Gasteiger partial charge in [-0.05, 0) is 17.9 Å². The summed E-state index contributed by atoms with van der Waals surface area (Å²) in [5, 5.41) is 0.482. The summed E-state index contributed by atoms with van der Waals surface area (Å²) in [5.41, 5.74) is 0. The van der Waals surface area contributed by atoms with Crippen molar-refractivity contribution < 1.29 is 0 Å². The lowest BCUT2D eigenvalue weighted by Gasteiger charge is -2.39. The van der Waals surface area contributed by atoms with Gasteiger partial charge >= 0.3 is 0 Å². The zero-order valence-electron chi connectivity index (χ0n) is 9.91. The number of rotatable bonds is 2. The van der Waals surface area contributed by atoms with Gasteiger partial charge in [0.15, 0.2) is 0 Å². The molecule has 0 radical (unpaired) electrons. The van der Waals surface area contributed by atoms with Crippen LogP contribution in [0.2, 0.25) is 18.1 Å². The molecule has 1 nitrogen and oxygen atoms in total. The quantitative estimate of drug-likeness (QED) is 0.671. The summed E-state index contributed by atoms with van der Waals surface area (Å²) in [4.78, 5) is 3.93. The second kappa shape index (κ2) is 3.74. The standard InChI is InChI=1S/C11H25NSi/c1-11(2,3)13(4,5)12-10-8-6-7-9-10/h10,12H,6-9H2,1-5H3. The van der Waals surface area contributed by atoms with Crippen LogP contribution in [0.25, 0.3) is 0 Å². The first-order chi connectivity index (χ1) is 5.83.